The van der Waals surface area contributed by atoms with Crippen LogP contribution in [0.15, 0.2) is 0 Å². The third-order valence-electron chi connectivity index (χ3n) is 2.60. The standard InChI is InChI=1S/C10H21AsO7/c1-11(2,16)3-7-8(14)9(15)10(18-7)17-5-6(13)4-12/h6-10,12-15H,3-5H2,1-2H3/t6?,7-,8-,9-,10-/m1/s1. The first-order valence-electron chi connectivity index (χ1n) is 5.70. The van der Waals surface area contributed by atoms with E-state index in [1.807, 2.05) is 0 Å². The van der Waals surface area contributed by atoms with Crippen molar-refractivity contribution in [1.82, 2.24) is 0 Å². The number of aliphatic hydroxyl groups excluding tert-OH is 4. The molecular weight excluding hydrogens is 307 g/mol. The second-order valence-electron chi connectivity index (χ2n) is 4.95. The number of ether oxygens (including phenoxy) is 2. The molecule has 8 heteroatoms. The first kappa shape index (κ1) is 16.2. The summed E-state index contributed by atoms with van der Waals surface area (Å²) in [6.45, 7) is -0.671. The molecule has 0 saturated carbocycles. The molecule has 1 heterocycles. The Labute approximate surface area is 108 Å². The molecule has 0 aliphatic carbocycles. The van der Waals surface area contributed by atoms with Crippen molar-refractivity contribution in [3.8, 4) is 0 Å². The zero-order valence-electron chi connectivity index (χ0n) is 10.5. The van der Waals surface area contributed by atoms with Crippen molar-refractivity contribution >= 4 is 13.5 Å². The van der Waals surface area contributed by atoms with Gasteiger partial charge in [-0.05, 0) is 0 Å². The van der Waals surface area contributed by atoms with E-state index in [0.717, 1.165) is 0 Å². The molecule has 1 unspecified atom stereocenters. The SMILES string of the molecule is C[As](C)(=O)C[C@H]1O[C@@H](OCC(O)CO)[C@H](O)[C@@H]1O. The molecule has 0 aromatic carbocycles. The van der Waals surface area contributed by atoms with Crippen LogP contribution in [-0.4, -0.2) is 77.8 Å². The third kappa shape index (κ3) is 4.66. The van der Waals surface area contributed by atoms with Gasteiger partial charge in [0.15, 0.2) is 0 Å². The van der Waals surface area contributed by atoms with Gasteiger partial charge in [0.25, 0.3) is 0 Å². The van der Waals surface area contributed by atoms with E-state index >= 15 is 0 Å². The van der Waals surface area contributed by atoms with Gasteiger partial charge in [0.05, 0.1) is 0 Å². The van der Waals surface area contributed by atoms with Crippen LogP contribution in [0.5, 0.6) is 0 Å². The molecule has 0 aromatic heterocycles. The van der Waals surface area contributed by atoms with Crippen molar-refractivity contribution in [3.63, 3.8) is 0 Å². The van der Waals surface area contributed by atoms with Crippen molar-refractivity contribution < 1.29 is 33.6 Å². The number of aliphatic hydroxyl groups is 4. The van der Waals surface area contributed by atoms with Crippen LogP contribution in [-0.2, 0) is 13.2 Å². The summed E-state index contributed by atoms with van der Waals surface area (Å²) in [5.41, 5.74) is 3.26. The fourth-order valence-corrected chi connectivity index (χ4v) is 4.15. The molecule has 4 N–H and O–H groups in total. The summed E-state index contributed by atoms with van der Waals surface area (Å²) in [5, 5.41) is 37.3. The van der Waals surface area contributed by atoms with Crippen LogP contribution in [0.25, 0.3) is 0 Å². The van der Waals surface area contributed by atoms with Crippen LogP contribution in [0.4, 0.5) is 0 Å². The Bertz CT molecular complexity index is 305. The average molecular weight is 328 g/mol. The summed E-state index contributed by atoms with van der Waals surface area (Å²) < 4.78 is 22.1. The van der Waals surface area contributed by atoms with Gasteiger partial charge in [0.2, 0.25) is 0 Å². The van der Waals surface area contributed by atoms with Crippen molar-refractivity contribution in [2.45, 2.75) is 47.3 Å². The maximum atomic E-state index is 11.7. The summed E-state index contributed by atoms with van der Waals surface area (Å²) in [6.07, 6.45) is -5.27. The molecule has 0 radical (unpaired) electrons. The van der Waals surface area contributed by atoms with Crippen LogP contribution in [0.3, 0.4) is 0 Å². The topological polar surface area (TPSA) is 116 Å². The fraction of sp³-hybridized carbons (Fsp3) is 1.00. The molecular formula is C10H21AsO7. The first-order valence-corrected chi connectivity index (χ1v) is 11.6. The Hall–Kier alpha value is 0.118. The zero-order valence-corrected chi connectivity index (χ0v) is 12.3. The monoisotopic (exact) mass is 328 g/mol. The fourth-order valence-electron chi connectivity index (χ4n) is 1.70. The Morgan fingerprint density at radius 2 is 1.94 bits per heavy atom. The minimum atomic E-state index is -2.99. The quantitative estimate of drug-likeness (QED) is 0.436. The molecule has 1 aliphatic rings. The normalized spacial score (nSPS) is 34.8. The number of rotatable bonds is 6. The molecule has 0 spiro atoms. The van der Waals surface area contributed by atoms with Gasteiger partial charge in [-0.2, -0.15) is 0 Å². The van der Waals surface area contributed by atoms with Gasteiger partial charge >= 0.3 is 108 Å². The van der Waals surface area contributed by atoms with E-state index in [1.165, 1.54) is 0 Å². The predicted molar refractivity (Wildman–Crippen MR) is 62.7 cm³/mol. The minimum absolute atomic E-state index is 0.207. The van der Waals surface area contributed by atoms with E-state index in [1.54, 1.807) is 11.4 Å². The number of hydrogen-bond acceptors (Lipinski definition) is 7. The maximum absolute atomic E-state index is 11.7. The van der Waals surface area contributed by atoms with Crippen LogP contribution in [0.2, 0.25) is 16.6 Å². The van der Waals surface area contributed by atoms with Gasteiger partial charge in [-0.15, -0.1) is 0 Å². The summed E-state index contributed by atoms with van der Waals surface area (Å²) in [6, 6.07) is 0. The van der Waals surface area contributed by atoms with E-state index in [2.05, 4.69) is 0 Å². The molecule has 1 fully saturated rings. The number of hydrogen-bond donors (Lipinski definition) is 4. The van der Waals surface area contributed by atoms with Gasteiger partial charge < -0.3 is 0 Å². The molecule has 1 saturated heterocycles. The second-order valence-corrected chi connectivity index (χ2v) is 12.3. The van der Waals surface area contributed by atoms with Crippen LogP contribution < -0.4 is 0 Å². The van der Waals surface area contributed by atoms with E-state index in [0.29, 0.717) is 0 Å². The molecule has 18 heavy (non-hydrogen) atoms. The van der Waals surface area contributed by atoms with Crippen LogP contribution >= 0.6 is 0 Å². The van der Waals surface area contributed by atoms with E-state index < -0.39 is 50.8 Å². The van der Waals surface area contributed by atoms with E-state index in [9.17, 15) is 14.0 Å². The van der Waals surface area contributed by atoms with Crippen molar-refractivity contribution in [2.75, 3.05) is 13.2 Å². The van der Waals surface area contributed by atoms with Gasteiger partial charge in [-0.25, -0.2) is 0 Å². The van der Waals surface area contributed by atoms with Crippen LogP contribution in [0.1, 0.15) is 0 Å². The van der Waals surface area contributed by atoms with E-state index in [-0.39, 0.29) is 11.8 Å². The van der Waals surface area contributed by atoms with Gasteiger partial charge in [0.1, 0.15) is 0 Å². The van der Waals surface area contributed by atoms with Crippen molar-refractivity contribution in [2.24, 2.45) is 0 Å². The Balaban J connectivity index is 2.51. The molecule has 0 aromatic rings. The molecule has 1 rings (SSSR count). The molecule has 0 amide bonds. The average Bonchev–Trinajstić information content (AvgIpc) is 2.52. The summed E-state index contributed by atoms with van der Waals surface area (Å²) >= 11 is -2.99. The molecule has 5 atom stereocenters. The van der Waals surface area contributed by atoms with Crippen LogP contribution in [0, 0.1) is 0 Å². The van der Waals surface area contributed by atoms with Crippen molar-refractivity contribution in [1.29, 1.82) is 0 Å². The summed E-state index contributed by atoms with van der Waals surface area (Å²) in [4.78, 5) is 0. The van der Waals surface area contributed by atoms with E-state index in [4.69, 9.17) is 19.7 Å². The summed E-state index contributed by atoms with van der Waals surface area (Å²) in [7, 11) is 0. The second kappa shape index (κ2) is 6.52. The molecule has 7 nitrogen and oxygen atoms in total. The Morgan fingerprint density at radius 3 is 2.44 bits per heavy atom. The van der Waals surface area contributed by atoms with Gasteiger partial charge in [-0.1, -0.05) is 0 Å². The predicted octanol–water partition coefficient (Wildman–Crippen LogP) is -1.56. The Morgan fingerprint density at radius 1 is 1.33 bits per heavy atom. The molecule has 0 bridgehead atoms. The first-order chi connectivity index (χ1) is 8.24. The van der Waals surface area contributed by atoms with Crippen molar-refractivity contribution in [3.05, 3.63) is 0 Å². The third-order valence-corrected chi connectivity index (χ3v) is 5.20. The zero-order chi connectivity index (χ0) is 13.9. The Kier molecular flexibility index (Phi) is 5.86. The molecule has 1 aliphatic heterocycles. The van der Waals surface area contributed by atoms with Gasteiger partial charge in [0, 0.05) is 0 Å². The molecule has 108 valence electrons. The van der Waals surface area contributed by atoms with Gasteiger partial charge in [-0.3, -0.25) is 0 Å². The summed E-state index contributed by atoms with van der Waals surface area (Å²) in [5.74, 6) is 0.